The second-order valence-corrected chi connectivity index (χ2v) is 14.7. The molecule has 11 nitrogen and oxygen atoms in total. The molecule has 6 fully saturated rings. The molecular formula is C27H43N7O4S2. The molecule has 0 aromatic rings. The van der Waals surface area contributed by atoms with Crippen LogP contribution in [0.3, 0.4) is 0 Å². The van der Waals surface area contributed by atoms with E-state index in [1.807, 2.05) is 0 Å². The summed E-state index contributed by atoms with van der Waals surface area (Å²) >= 11 is 3.49. The summed E-state index contributed by atoms with van der Waals surface area (Å²) in [6.45, 7) is 3.57. The van der Waals surface area contributed by atoms with E-state index in [1.54, 1.807) is 29.8 Å². The number of morpholine rings is 1. The van der Waals surface area contributed by atoms with E-state index in [2.05, 4.69) is 30.9 Å². The van der Waals surface area contributed by atoms with Crippen molar-refractivity contribution in [3.8, 4) is 0 Å². The molecule has 1 saturated carbocycles. The molecule has 6 aliphatic heterocycles. The average Bonchev–Trinajstić information content (AvgIpc) is 3.69. The minimum Gasteiger partial charge on any atom is -0.474 e. The summed E-state index contributed by atoms with van der Waals surface area (Å²) in [4.78, 5) is 28.0. The molecule has 1 aliphatic carbocycles. The van der Waals surface area contributed by atoms with Crippen molar-refractivity contribution < 1.29 is 19.1 Å². The number of ether oxygens (including phenoxy) is 2. The van der Waals surface area contributed by atoms with Crippen LogP contribution in [-0.2, 0) is 19.1 Å². The number of carbonyl (C=O) groups excluding carboxylic acids is 2. The number of nitrogens with one attached hydrogen (secondary N) is 5. The van der Waals surface area contributed by atoms with E-state index >= 15 is 0 Å². The lowest BCUT2D eigenvalue weighted by Crippen LogP contribution is -2.67. The molecule has 222 valence electrons. The highest BCUT2D eigenvalue weighted by Gasteiger charge is 2.51. The molecule has 0 spiro atoms. The highest BCUT2D eigenvalue weighted by atomic mass is 32.2. The van der Waals surface area contributed by atoms with Gasteiger partial charge in [-0.25, -0.2) is 4.72 Å². The molecule has 40 heavy (non-hydrogen) atoms. The van der Waals surface area contributed by atoms with Gasteiger partial charge in [-0.05, 0) is 31.6 Å². The standard InChI is InChI=1S/C27H43N7O4S2/c28-16-3-1-2-4-17(16)30-20-9-14-12-29-27(36)23(14)26(31-20)32-21-11-19(40-33-21)15-13-39-25-18(35)10-22(38-24(15)25)34-5-7-37-8-6-34/h10,14-17,19-21,23-26,30-33H,1-9,11-13,28H2,(H,29,36)/t14?,15?,16-,17+,19?,20?,21?,23?,24?,25?,26?/m1/s1. The van der Waals surface area contributed by atoms with Crippen molar-refractivity contribution >= 4 is 35.4 Å². The van der Waals surface area contributed by atoms with Gasteiger partial charge in [0.15, 0.2) is 11.7 Å². The van der Waals surface area contributed by atoms with Crippen LogP contribution in [0.1, 0.15) is 38.5 Å². The van der Waals surface area contributed by atoms with Gasteiger partial charge in [-0.15, -0.1) is 11.8 Å². The Balaban J connectivity index is 0.985. The summed E-state index contributed by atoms with van der Waals surface area (Å²) in [5.41, 5.74) is 6.44. The lowest BCUT2D eigenvalue weighted by atomic mass is 9.83. The molecule has 11 atom stereocenters. The van der Waals surface area contributed by atoms with Crippen LogP contribution in [0.2, 0.25) is 0 Å². The van der Waals surface area contributed by atoms with Crippen molar-refractivity contribution in [2.75, 3.05) is 38.6 Å². The number of piperidine rings is 1. The number of hydrogen-bond donors (Lipinski definition) is 6. The molecule has 7 aliphatic rings. The minimum atomic E-state index is -0.122. The molecule has 6 heterocycles. The highest BCUT2D eigenvalue weighted by molar-refractivity contribution is 8.01. The number of rotatable bonds is 6. The monoisotopic (exact) mass is 593 g/mol. The second-order valence-electron chi connectivity index (χ2n) is 12.4. The summed E-state index contributed by atoms with van der Waals surface area (Å²) in [5, 5.41) is 14.6. The Morgan fingerprint density at radius 2 is 1.93 bits per heavy atom. The molecule has 0 aromatic carbocycles. The van der Waals surface area contributed by atoms with E-state index in [4.69, 9.17) is 15.2 Å². The van der Waals surface area contributed by atoms with E-state index in [1.165, 1.54) is 12.8 Å². The van der Waals surface area contributed by atoms with Crippen molar-refractivity contribution in [3.05, 3.63) is 12.0 Å². The highest BCUT2D eigenvalue weighted by Crippen LogP contribution is 2.45. The van der Waals surface area contributed by atoms with E-state index in [-0.39, 0.29) is 59.4 Å². The quantitative estimate of drug-likeness (QED) is 0.224. The summed E-state index contributed by atoms with van der Waals surface area (Å²) < 4.78 is 15.6. The summed E-state index contributed by atoms with van der Waals surface area (Å²) in [6.07, 6.45) is 8.12. The summed E-state index contributed by atoms with van der Waals surface area (Å²) in [7, 11) is 0. The predicted molar refractivity (Wildman–Crippen MR) is 155 cm³/mol. The SMILES string of the molecule is N[C@@H]1CCCC[C@@H]1NC1CC2CNC(=O)C2C(NC2CC(C3CSC4C(=O)C=C(N5CCOCC5)OC43)SN2)N1. The Kier molecular flexibility index (Phi) is 8.26. The molecule has 0 bridgehead atoms. The van der Waals surface area contributed by atoms with Crippen molar-refractivity contribution in [1.29, 1.82) is 0 Å². The van der Waals surface area contributed by atoms with Crippen LogP contribution < -0.4 is 31.7 Å². The van der Waals surface area contributed by atoms with Gasteiger partial charge in [0.2, 0.25) is 5.91 Å². The molecule has 1 amide bonds. The Morgan fingerprint density at radius 1 is 1.07 bits per heavy atom. The second kappa shape index (κ2) is 11.9. The normalized spacial score (nSPS) is 45.5. The lowest BCUT2D eigenvalue weighted by molar-refractivity contribution is -0.125. The number of thioether (sulfide) groups is 1. The van der Waals surface area contributed by atoms with Gasteiger partial charge >= 0.3 is 0 Å². The third-order valence-corrected chi connectivity index (χ3v) is 12.6. The molecular weight excluding hydrogens is 550 g/mol. The van der Waals surface area contributed by atoms with Crippen LogP contribution in [0.15, 0.2) is 12.0 Å². The fourth-order valence-corrected chi connectivity index (χ4v) is 10.5. The Morgan fingerprint density at radius 3 is 2.77 bits per heavy atom. The number of hydrogen-bond acceptors (Lipinski definition) is 12. The molecule has 5 saturated heterocycles. The van der Waals surface area contributed by atoms with Crippen LogP contribution in [0.25, 0.3) is 0 Å². The van der Waals surface area contributed by atoms with Crippen LogP contribution in [0.5, 0.6) is 0 Å². The average molecular weight is 594 g/mol. The fourth-order valence-electron chi connectivity index (χ4n) is 7.68. The van der Waals surface area contributed by atoms with Gasteiger partial charge in [0, 0.05) is 54.7 Å². The number of allylic oxidation sites excluding steroid dienone is 1. The van der Waals surface area contributed by atoms with Crippen LogP contribution in [0.4, 0.5) is 0 Å². The molecule has 13 heteroatoms. The first-order chi connectivity index (χ1) is 19.5. The van der Waals surface area contributed by atoms with Gasteiger partial charge < -0.3 is 25.4 Å². The molecule has 7 N–H and O–H groups in total. The first-order valence-electron chi connectivity index (χ1n) is 15.1. The third kappa shape index (κ3) is 5.52. The Labute approximate surface area is 244 Å². The first kappa shape index (κ1) is 27.8. The number of ketones is 1. The predicted octanol–water partition coefficient (Wildman–Crippen LogP) is -0.347. The van der Waals surface area contributed by atoms with Crippen LogP contribution in [0, 0.1) is 17.8 Å². The van der Waals surface area contributed by atoms with Crippen LogP contribution in [-0.4, -0.2) is 102 Å². The first-order valence-corrected chi connectivity index (χ1v) is 17.1. The number of amides is 1. The van der Waals surface area contributed by atoms with Gasteiger partial charge in [-0.1, -0.05) is 24.8 Å². The minimum absolute atomic E-state index is 0.0647. The lowest BCUT2D eigenvalue weighted by Gasteiger charge is -2.42. The zero-order valence-electron chi connectivity index (χ0n) is 22.9. The van der Waals surface area contributed by atoms with Crippen molar-refractivity contribution in [2.24, 2.45) is 23.5 Å². The van der Waals surface area contributed by atoms with E-state index in [0.717, 1.165) is 51.1 Å². The van der Waals surface area contributed by atoms with E-state index < -0.39 is 0 Å². The maximum Gasteiger partial charge on any atom is 0.226 e. The number of fused-ring (bicyclic) bond motifs is 2. The van der Waals surface area contributed by atoms with Gasteiger partial charge in [0.25, 0.3) is 0 Å². The van der Waals surface area contributed by atoms with E-state index in [0.29, 0.717) is 36.3 Å². The van der Waals surface area contributed by atoms with Gasteiger partial charge in [-0.3, -0.25) is 25.5 Å². The van der Waals surface area contributed by atoms with Crippen molar-refractivity contribution in [2.45, 2.75) is 85.7 Å². The van der Waals surface area contributed by atoms with Gasteiger partial charge in [-0.2, -0.15) is 0 Å². The summed E-state index contributed by atoms with van der Waals surface area (Å²) in [6, 6.07) is 0.512. The van der Waals surface area contributed by atoms with Gasteiger partial charge in [0.05, 0.1) is 37.6 Å². The molecule has 0 aromatic heterocycles. The largest absolute Gasteiger partial charge is 0.474 e. The number of nitrogens with two attached hydrogens (primary N) is 1. The Hall–Kier alpha value is -1.06. The molecule has 7 rings (SSSR count). The molecule has 0 radical (unpaired) electrons. The van der Waals surface area contributed by atoms with E-state index in [9.17, 15) is 9.59 Å². The van der Waals surface area contributed by atoms with Crippen LogP contribution >= 0.6 is 23.7 Å². The zero-order chi connectivity index (χ0) is 27.2. The third-order valence-electron chi connectivity index (χ3n) is 9.86. The Bertz CT molecular complexity index is 1000. The zero-order valence-corrected chi connectivity index (χ0v) is 24.5. The summed E-state index contributed by atoms with van der Waals surface area (Å²) in [5.74, 6) is 2.43. The topological polar surface area (TPSA) is 142 Å². The number of carbonyl (C=O) groups is 2. The van der Waals surface area contributed by atoms with Gasteiger partial charge in [0.1, 0.15) is 11.4 Å². The van der Waals surface area contributed by atoms with Crippen molar-refractivity contribution in [1.82, 2.24) is 30.9 Å². The maximum absolute atomic E-state index is 13.0. The number of nitrogens with zero attached hydrogens (tertiary/aromatic N) is 1. The smallest absolute Gasteiger partial charge is 0.226 e. The molecule has 9 unspecified atom stereocenters. The maximum atomic E-state index is 13.0. The fraction of sp³-hybridized carbons (Fsp3) is 0.852. The van der Waals surface area contributed by atoms with Crippen molar-refractivity contribution in [3.63, 3.8) is 0 Å².